The fourth-order valence-electron chi connectivity index (χ4n) is 1.76. The third-order valence-electron chi connectivity index (χ3n) is 3.09. The van der Waals surface area contributed by atoms with Crippen LogP contribution in [0.1, 0.15) is 26.0 Å². The van der Waals surface area contributed by atoms with Crippen molar-refractivity contribution in [3.8, 4) is 0 Å². The Morgan fingerprint density at radius 1 is 1.18 bits per heavy atom. The minimum atomic E-state index is 0.239. The lowest BCUT2D eigenvalue weighted by Gasteiger charge is -2.14. The lowest BCUT2D eigenvalue weighted by Crippen LogP contribution is -2.26. The summed E-state index contributed by atoms with van der Waals surface area (Å²) in [6, 6.07) is 8.18. The van der Waals surface area contributed by atoms with Crippen LogP contribution in [0.4, 0.5) is 0 Å². The van der Waals surface area contributed by atoms with Gasteiger partial charge in [-0.3, -0.25) is 4.98 Å². The van der Waals surface area contributed by atoms with Gasteiger partial charge in [-0.05, 0) is 30.9 Å². The molecular weight excluding hydrogens is 210 g/mol. The topological polar surface area (TPSA) is 51.8 Å². The van der Waals surface area contributed by atoms with E-state index in [1.165, 1.54) is 0 Å². The fraction of sp³-hybridized carbons (Fsp3) is 0.429. The highest BCUT2D eigenvalue weighted by Crippen LogP contribution is 2.11. The number of benzene rings is 1. The maximum Gasteiger partial charge on any atom is 0.0890 e. The summed E-state index contributed by atoms with van der Waals surface area (Å²) in [6.45, 7) is 4.30. The molecule has 0 spiro atoms. The van der Waals surface area contributed by atoms with E-state index in [0.717, 1.165) is 29.6 Å². The number of nitrogens with two attached hydrogens (primary N) is 1. The van der Waals surface area contributed by atoms with Gasteiger partial charge < -0.3 is 5.73 Å². The molecule has 1 atom stereocenters. The minimum absolute atomic E-state index is 0.239. The second-order valence-electron chi connectivity index (χ2n) is 4.80. The van der Waals surface area contributed by atoms with E-state index in [9.17, 15) is 0 Å². The van der Waals surface area contributed by atoms with Gasteiger partial charge >= 0.3 is 0 Å². The highest BCUT2D eigenvalue weighted by molar-refractivity contribution is 5.73. The Hall–Kier alpha value is -1.48. The minimum Gasteiger partial charge on any atom is -0.327 e. The molecule has 3 heteroatoms. The molecule has 3 nitrogen and oxygen atoms in total. The average molecular weight is 229 g/mol. The monoisotopic (exact) mass is 229 g/mol. The third kappa shape index (κ3) is 3.01. The van der Waals surface area contributed by atoms with E-state index in [-0.39, 0.29) is 6.04 Å². The summed E-state index contributed by atoms with van der Waals surface area (Å²) in [7, 11) is 0. The highest BCUT2D eigenvalue weighted by atomic mass is 14.8. The van der Waals surface area contributed by atoms with Crippen molar-refractivity contribution in [2.24, 2.45) is 11.7 Å². The van der Waals surface area contributed by atoms with E-state index in [0.29, 0.717) is 5.92 Å². The summed E-state index contributed by atoms with van der Waals surface area (Å²) in [5.74, 6) is 0.517. The predicted octanol–water partition coefficient (Wildman–Crippen LogP) is 2.55. The van der Waals surface area contributed by atoms with E-state index in [1.54, 1.807) is 0 Å². The maximum atomic E-state index is 6.03. The van der Waals surface area contributed by atoms with Crippen LogP contribution in [0.5, 0.6) is 0 Å². The Morgan fingerprint density at radius 2 is 1.88 bits per heavy atom. The van der Waals surface area contributed by atoms with Crippen molar-refractivity contribution in [3.05, 3.63) is 36.2 Å². The van der Waals surface area contributed by atoms with Crippen molar-refractivity contribution in [2.45, 2.75) is 32.7 Å². The second-order valence-corrected chi connectivity index (χ2v) is 4.80. The average Bonchev–Trinajstić information content (AvgIpc) is 2.35. The number of aromatic nitrogens is 2. The van der Waals surface area contributed by atoms with Gasteiger partial charge in [0, 0.05) is 12.2 Å². The predicted molar refractivity (Wildman–Crippen MR) is 70.7 cm³/mol. The van der Waals surface area contributed by atoms with E-state index in [4.69, 9.17) is 5.73 Å². The van der Waals surface area contributed by atoms with Crippen molar-refractivity contribution in [1.82, 2.24) is 9.97 Å². The molecule has 0 fully saturated rings. The van der Waals surface area contributed by atoms with Gasteiger partial charge in [0.25, 0.3) is 0 Å². The molecule has 0 saturated carbocycles. The first-order chi connectivity index (χ1) is 8.16. The molecule has 0 aliphatic rings. The normalized spacial score (nSPS) is 13.2. The number of hydrogen-bond donors (Lipinski definition) is 1. The van der Waals surface area contributed by atoms with Crippen LogP contribution in [-0.4, -0.2) is 16.0 Å². The molecule has 1 aromatic carbocycles. The zero-order valence-corrected chi connectivity index (χ0v) is 10.4. The number of aryl methyl sites for hydroxylation is 1. The fourth-order valence-corrected chi connectivity index (χ4v) is 1.76. The number of fused-ring (bicyclic) bond motifs is 1. The summed E-state index contributed by atoms with van der Waals surface area (Å²) in [6.07, 6.45) is 3.72. The van der Waals surface area contributed by atoms with Crippen LogP contribution >= 0.6 is 0 Å². The quantitative estimate of drug-likeness (QED) is 0.876. The Bertz CT molecular complexity index is 494. The Morgan fingerprint density at radius 3 is 2.59 bits per heavy atom. The molecule has 0 bridgehead atoms. The zero-order valence-electron chi connectivity index (χ0n) is 10.4. The van der Waals surface area contributed by atoms with Crippen molar-refractivity contribution >= 4 is 11.0 Å². The van der Waals surface area contributed by atoms with E-state index < -0.39 is 0 Å². The number of rotatable bonds is 4. The Kier molecular flexibility index (Phi) is 3.69. The maximum absolute atomic E-state index is 6.03. The molecular formula is C14H19N3. The molecule has 2 aromatic rings. The first kappa shape index (κ1) is 12.0. The molecule has 1 unspecified atom stereocenters. The third-order valence-corrected chi connectivity index (χ3v) is 3.09. The van der Waals surface area contributed by atoms with Crippen molar-refractivity contribution < 1.29 is 0 Å². The standard InChI is InChI=1S/C14H19N3/c1-10(2)12(15)8-7-11-9-16-13-5-3-4-6-14(13)17-11/h3-6,9-10,12H,7-8,15H2,1-2H3. The van der Waals surface area contributed by atoms with E-state index in [2.05, 4.69) is 23.8 Å². The van der Waals surface area contributed by atoms with E-state index >= 15 is 0 Å². The number of nitrogens with zero attached hydrogens (tertiary/aromatic N) is 2. The van der Waals surface area contributed by atoms with Gasteiger partial charge in [0.2, 0.25) is 0 Å². The smallest absolute Gasteiger partial charge is 0.0890 e. The summed E-state index contributed by atoms with van der Waals surface area (Å²) in [5.41, 5.74) is 8.97. The summed E-state index contributed by atoms with van der Waals surface area (Å²) in [5, 5.41) is 0. The summed E-state index contributed by atoms with van der Waals surface area (Å²) in [4.78, 5) is 8.99. The van der Waals surface area contributed by atoms with Crippen LogP contribution in [-0.2, 0) is 6.42 Å². The number of para-hydroxylation sites is 2. The molecule has 2 N–H and O–H groups in total. The SMILES string of the molecule is CC(C)C(N)CCc1cnc2ccccc2n1. The lowest BCUT2D eigenvalue weighted by atomic mass is 9.99. The summed E-state index contributed by atoms with van der Waals surface area (Å²) >= 11 is 0. The molecule has 0 saturated heterocycles. The molecule has 17 heavy (non-hydrogen) atoms. The van der Waals surface area contributed by atoms with Crippen LogP contribution in [0.2, 0.25) is 0 Å². The van der Waals surface area contributed by atoms with Gasteiger partial charge in [-0.25, -0.2) is 4.98 Å². The first-order valence-corrected chi connectivity index (χ1v) is 6.13. The van der Waals surface area contributed by atoms with Gasteiger partial charge in [0.15, 0.2) is 0 Å². The molecule has 0 radical (unpaired) electrons. The molecule has 1 aromatic heterocycles. The van der Waals surface area contributed by atoms with Crippen LogP contribution in [0, 0.1) is 5.92 Å². The largest absolute Gasteiger partial charge is 0.327 e. The van der Waals surface area contributed by atoms with Gasteiger partial charge in [0.05, 0.1) is 16.7 Å². The molecule has 90 valence electrons. The summed E-state index contributed by atoms with van der Waals surface area (Å²) < 4.78 is 0. The van der Waals surface area contributed by atoms with Crippen LogP contribution < -0.4 is 5.73 Å². The van der Waals surface area contributed by atoms with Gasteiger partial charge in [0.1, 0.15) is 0 Å². The van der Waals surface area contributed by atoms with Crippen LogP contribution in [0.3, 0.4) is 0 Å². The van der Waals surface area contributed by atoms with Gasteiger partial charge in [-0.15, -0.1) is 0 Å². The zero-order chi connectivity index (χ0) is 12.3. The second kappa shape index (κ2) is 5.23. The molecule has 1 heterocycles. The molecule has 0 amide bonds. The van der Waals surface area contributed by atoms with Crippen LogP contribution in [0.25, 0.3) is 11.0 Å². The molecule has 2 rings (SSSR count). The molecule has 0 aliphatic heterocycles. The van der Waals surface area contributed by atoms with Crippen LogP contribution in [0.15, 0.2) is 30.5 Å². The van der Waals surface area contributed by atoms with Gasteiger partial charge in [-0.1, -0.05) is 26.0 Å². The Balaban J connectivity index is 2.09. The van der Waals surface area contributed by atoms with Crippen molar-refractivity contribution in [2.75, 3.05) is 0 Å². The lowest BCUT2D eigenvalue weighted by molar-refractivity contribution is 0.462. The number of hydrogen-bond acceptors (Lipinski definition) is 3. The highest BCUT2D eigenvalue weighted by Gasteiger charge is 2.08. The Labute approximate surface area is 102 Å². The molecule has 0 aliphatic carbocycles. The first-order valence-electron chi connectivity index (χ1n) is 6.13. The van der Waals surface area contributed by atoms with Crippen molar-refractivity contribution in [1.29, 1.82) is 0 Å². The van der Waals surface area contributed by atoms with Crippen molar-refractivity contribution in [3.63, 3.8) is 0 Å². The van der Waals surface area contributed by atoms with Gasteiger partial charge in [-0.2, -0.15) is 0 Å². The van der Waals surface area contributed by atoms with E-state index in [1.807, 2.05) is 30.5 Å².